The van der Waals surface area contributed by atoms with Crippen LogP contribution in [0.2, 0.25) is 0 Å². The number of nitrogens with two attached hydrogens (primary N) is 1. The number of carbonyl (C=O) groups excluding carboxylic acids is 1. The zero-order valence-corrected chi connectivity index (χ0v) is 11.5. The van der Waals surface area contributed by atoms with E-state index in [4.69, 9.17) is 10.5 Å². The number of aryl methyl sites for hydroxylation is 1. The Labute approximate surface area is 111 Å². The van der Waals surface area contributed by atoms with Crippen LogP contribution in [0.4, 0.5) is 10.2 Å². The maximum absolute atomic E-state index is 13.8. The van der Waals surface area contributed by atoms with Crippen molar-refractivity contribution in [2.24, 2.45) is 0 Å². The lowest BCUT2D eigenvalue weighted by Crippen LogP contribution is -2.07. The minimum Gasteiger partial charge on any atom is -0.462 e. The SMILES string of the molecule is CCOC(=O)c1c(N)[nH]c2cc(Br)c(F)c(C)c12. The molecule has 0 amide bonds. The van der Waals surface area contributed by atoms with Gasteiger partial charge in [0, 0.05) is 10.9 Å². The Morgan fingerprint density at radius 3 is 2.89 bits per heavy atom. The summed E-state index contributed by atoms with van der Waals surface area (Å²) in [5, 5.41) is 0.464. The van der Waals surface area contributed by atoms with Gasteiger partial charge in [-0.2, -0.15) is 0 Å². The first-order valence-corrected chi connectivity index (χ1v) is 6.19. The zero-order valence-electron chi connectivity index (χ0n) is 9.93. The topological polar surface area (TPSA) is 68.1 Å². The molecular weight excluding hydrogens is 303 g/mol. The van der Waals surface area contributed by atoms with Crippen molar-refractivity contribution in [3.63, 3.8) is 0 Å². The zero-order chi connectivity index (χ0) is 13.4. The van der Waals surface area contributed by atoms with Gasteiger partial charge >= 0.3 is 5.97 Å². The number of esters is 1. The van der Waals surface area contributed by atoms with Gasteiger partial charge in [0.25, 0.3) is 0 Å². The highest BCUT2D eigenvalue weighted by Crippen LogP contribution is 2.33. The number of fused-ring (bicyclic) bond motifs is 1. The Morgan fingerprint density at radius 2 is 2.28 bits per heavy atom. The maximum Gasteiger partial charge on any atom is 0.342 e. The van der Waals surface area contributed by atoms with E-state index in [2.05, 4.69) is 20.9 Å². The number of anilines is 1. The van der Waals surface area contributed by atoms with E-state index >= 15 is 0 Å². The molecule has 18 heavy (non-hydrogen) atoms. The van der Waals surface area contributed by atoms with E-state index in [9.17, 15) is 9.18 Å². The van der Waals surface area contributed by atoms with Crippen LogP contribution in [0, 0.1) is 12.7 Å². The van der Waals surface area contributed by atoms with Crippen LogP contribution in [0.3, 0.4) is 0 Å². The number of benzene rings is 1. The molecule has 0 radical (unpaired) electrons. The Kier molecular flexibility index (Phi) is 3.30. The second kappa shape index (κ2) is 4.61. The summed E-state index contributed by atoms with van der Waals surface area (Å²) in [5.41, 5.74) is 6.91. The van der Waals surface area contributed by atoms with Crippen molar-refractivity contribution in [1.82, 2.24) is 4.98 Å². The number of aromatic nitrogens is 1. The second-order valence-corrected chi connectivity index (χ2v) is 4.71. The first kappa shape index (κ1) is 12.9. The van der Waals surface area contributed by atoms with Gasteiger partial charge in [-0.1, -0.05) is 0 Å². The van der Waals surface area contributed by atoms with Crippen molar-refractivity contribution in [3.8, 4) is 0 Å². The first-order valence-electron chi connectivity index (χ1n) is 5.40. The van der Waals surface area contributed by atoms with E-state index in [1.165, 1.54) is 0 Å². The fraction of sp³-hybridized carbons (Fsp3) is 0.250. The minimum absolute atomic E-state index is 0.184. The number of ether oxygens (including phenoxy) is 1. The van der Waals surface area contributed by atoms with Crippen molar-refractivity contribution in [2.75, 3.05) is 12.3 Å². The monoisotopic (exact) mass is 314 g/mol. The lowest BCUT2D eigenvalue weighted by atomic mass is 10.1. The number of hydrogen-bond acceptors (Lipinski definition) is 3. The molecule has 6 heteroatoms. The third-order valence-electron chi connectivity index (χ3n) is 2.72. The molecule has 1 aromatic carbocycles. The average molecular weight is 315 g/mol. The number of rotatable bonds is 2. The summed E-state index contributed by atoms with van der Waals surface area (Å²) in [7, 11) is 0. The van der Waals surface area contributed by atoms with Crippen LogP contribution in [-0.2, 0) is 4.74 Å². The van der Waals surface area contributed by atoms with Gasteiger partial charge in [0.15, 0.2) is 0 Å². The molecule has 96 valence electrons. The van der Waals surface area contributed by atoms with E-state index in [1.807, 2.05) is 0 Å². The van der Waals surface area contributed by atoms with Crippen LogP contribution in [0.5, 0.6) is 0 Å². The molecule has 4 nitrogen and oxygen atoms in total. The largest absolute Gasteiger partial charge is 0.462 e. The summed E-state index contributed by atoms with van der Waals surface area (Å²) in [6, 6.07) is 1.55. The predicted molar refractivity (Wildman–Crippen MR) is 71.1 cm³/mol. The number of nitrogen functional groups attached to an aromatic ring is 1. The lowest BCUT2D eigenvalue weighted by molar-refractivity contribution is 0.0530. The lowest BCUT2D eigenvalue weighted by Gasteiger charge is -2.05. The Hall–Kier alpha value is -1.56. The van der Waals surface area contributed by atoms with E-state index in [0.29, 0.717) is 20.9 Å². The Balaban J connectivity index is 2.78. The van der Waals surface area contributed by atoms with Gasteiger partial charge in [-0.3, -0.25) is 0 Å². The van der Waals surface area contributed by atoms with Gasteiger partial charge in [-0.05, 0) is 41.4 Å². The van der Waals surface area contributed by atoms with E-state index in [1.54, 1.807) is 19.9 Å². The fourth-order valence-electron chi connectivity index (χ4n) is 1.93. The van der Waals surface area contributed by atoms with Crippen molar-refractivity contribution >= 4 is 38.6 Å². The van der Waals surface area contributed by atoms with Crippen LogP contribution >= 0.6 is 15.9 Å². The maximum atomic E-state index is 13.8. The van der Waals surface area contributed by atoms with Crippen LogP contribution in [-0.4, -0.2) is 17.6 Å². The van der Waals surface area contributed by atoms with Crippen LogP contribution < -0.4 is 5.73 Å². The second-order valence-electron chi connectivity index (χ2n) is 3.85. The van der Waals surface area contributed by atoms with E-state index < -0.39 is 11.8 Å². The molecule has 2 aromatic rings. The van der Waals surface area contributed by atoms with E-state index in [0.717, 1.165) is 0 Å². The van der Waals surface area contributed by atoms with Crippen LogP contribution in [0.15, 0.2) is 10.5 Å². The third-order valence-corrected chi connectivity index (χ3v) is 3.30. The van der Waals surface area contributed by atoms with Gasteiger partial charge < -0.3 is 15.5 Å². The molecule has 3 N–H and O–H groups in total. The number of H-pyrrole nitrogens is 1. The molecule has 0 bridgehead atoms. The average Bonchev–Trinajstić information content (AvgIpc) is 2.63. The quantitative estimate of drug-likeness (QED) is 0.837. The molecule has 2 rings (SSSR count). The molecule has 0 unspecified atom stereocenters. The van der Waals surface area contributed by atoms with Crippen molar-refractivity contribution < 1.29 is 13.9 Å². The molecule has 0 saturated carbocycles. The van der Waals surface area contributed by atoms with Crippen molar-refractivity contribution in [1.29, 1.82) is 0 Å². The summed E-state index contributed by atoms with van der Waals surface area (Å²) < 4.78 is 19.1. The summed E-state index contributed by atoms with van der Waals surface area (Å²) in [6.45, 7) is 3.54. The molecule has 1 aromatic heterocycles. The third kappa shape index (κ3) is 1.86. The summed E-state index contributed by atoms with van der Waals surface area (Å²) in [5.74, 6) is -0.776. The smallest absolute Gasteiger partial charge is 0.342 e. The van der Waals surface area contributed by atoms with Gasteiger partial charge in [-0.15, -0.1) is 0 Å². The Bertz CT molecular complexity index is 637. The highest BCUT2D eigenvalue weighted by atomic mass is 79.9. The van der Waals surface area contributed by atoms with Crippen molar-refractivity contribution in [2.45, 2.75) is 13.8 Å². The number of carbonyl (C=O) groups is 1. The number of nitrogens with one attached hydrogen (secondary N) is 1. The molecular formula is C12H12BrFN2O2. The molecule has 0 aliphatic rings. The number of halogens is 2. The Morgan fingerprint density at radius 1 is 1.61 bits per heavy atom. The normalized spacial score (nSPS) is 10.9. The molecule has 0 fully saturated rings. The van der Waals surface area contributed by atoms with Gasteiger partial charge in [0.1, 0.15) is 17.2 Å². The summed E-state index contributed by atoms with van der Waals surface area (Å²) >= 11 is 3.12. The van der Waals surface area contributed by atoms with E-state index in [-0.39, 0.29) is 18.0 Å². The van der Waals surface area contributed by atoms with Gasteiger partial charge in [0.05, 0.1) is 11.1 Å². The fourth-order valence-corrected chi connectivity index (χ4v) is 2.46. The number of aromatic amines is 1. The molecule has 0 aliphatic carbocycles. The first-order chi connectivity index (χ1) is 8.47. The highest BCUT2D eigenvalue weighted by molar-refractivity contribution is 9.10. The van der Waals surface area contributed by atoms with Gasteiger partial charge in [0.2, 0.25) is 0 Å². The highest BCUT2D eigenvalue weighted by Gasteiger charge is 2.22. The number of hydrogen-bond donors (Lipinski definition) is 2. The predicted octanol–water partition coefficient (Wildman–Crippen LogP) is 3.14. The molecule has 0 aliphatic heterocycles. The minimum atomic E-state index is -0.550. The van der Waals surface area contributed by atoms with Crippen LogP contribution in [0.1, 0.15) is 22.8 Å². The molecule has 0 spiro atoms. The standard InChI is InChI=1S/C12H12BrFN2O2/c1-3-18-12(17)9-8-5(2)10(14)6(13)4-7(8)16-11(9)15/h4,16H,3,15H2,1-2H3. The molecule has 1 heterocycles. The van der Waals surface area contributed by atoms with Crippen LogP contribution in [0.25, 0.3) is 10.9 Å². The summed E-state index contributed by atoms with van der Waals surface area (Å²) in [6.07, 6.45) is 0. The van der Waals surface area contributed by atoms with Gasteiger partial charge in [-0.25, -0.2) is 9.18 Å². The summed E-state index contributed by atoms with van der Waals surface area (Å²) in [4.78, 5) is 14.7. The molecule has 0 atom stereocenters. The molecule has 0 saturated heterocycles. The van der Waals surface area contributed by atoms with Crippen molar-refractivity contribution in [3.05, 3.63) is 27.5 Å².